The van der Waals surface area contributed by atoms with Crippen LogP contribution in [0.25, 0.3) is 0 Å². The van der Waals surface area contributed by atoms with E-state index in [4.69, 9.17) is 0 Å². The van der Waals surface area contributed by atoms with Gasteiger partial charge in [0.2, 0.25) is 0 Å². The quantitative estimate of drug-likeness (QED) is 0.679. The number of rotatable bonds is 0. The molecule has 14 heavy (non-hydrogen) atoms. The monoisotopic (exact) mass is 191 g/mol. The Balaban J connectivity index is 2.52. The average Bonchev–Trinajstić information content (AvgIpc) is 2.14. The average molecular weight is 191 g/mol. The standard InChI is InChI=1S/C12H17NO/c1-12(2)8-13(3)10-7-5-4-6-9(10)11(12)14/h4-7,11,14H,8H2,1-3H3/t11-/m1/s1. The van der Waals surface area contributed by atoms with Gasteiger partial charge in [-0.2, -0.15) is 0 Å². The van der Waals surface area contributed by atoms with Gasteiger partial charge in [0.25, 0.3) is 0 Å². The van der Waals surface area contributed by atoms with E-state index in [1.165, 1.54) is 0 Å². The largest absolute Gasteiger partial charge is 0.388 e. The second kappa shape index (κ2) is 2.99. The minimum atomic E-state index is -0.352. The molecule has 1 aromatic carbocycles. The highest BCUT2D eigenvalue weighted by Gasteiger charge is 2.36. The first-order valence-electron chi connectivity index (χ1n) is 5.00. The van der Waals surface area contributed by atoms with Crippen molar-refractivity contribution in [1.29, 1.82) is 0 Å². The van der Waals surface area contributed by atoms with E-state index in [9.17, 15) is 5.11 Å². The Morgan fingerprint density at radius 1 is 1.36 bits per heavy atom. The van der Waals surface area contributed by atoms with Gasteiger partial charge in [0.1, 0.15) is 0 Å². The number of hydrogen-bond acceptors (Lipinski definition) is 2. The highest BCUT2D eigenvalue weighted by atomic mass is 16.3. The van der Waals surface area contributed by atoms with E-state index < -0.39 is 0 Å². The molecule has 2 rings (SSSR count). The Hall–Kier alpha value is -1.02. The maximum absolute atomic E-state index is 10.2. The van der Waals surface area contributed by atoms with Gasteiger partial charge < -0.3 is 10.0 Å². The summed E-state index contributed by atoms with van der Waals surface area (Å²) >= 11 is 0. The summed E-state index contributed by atoms with van der Waals surface area (Å²) in [5.74, 6) is 0. The summed E-state index contributed by atoms with van der Waals surface area (Å²) in [5.41, 5.74) is 2.13. The molecule has 1 heterocycles. The van der Waals surface area contributed by atoms with Crippen molar-refractivity contribution in [2.24, 2.45) is 5.41 Å². The number of benzene rings is 1. The lowest BCUT2D eigenvalue weighted by Gasteiger charge is -2.42. The number of aliphatic hydroxyl groups excluding tert-OH is 1. The molecule has 0 saturated heterocycles. The maximum atomic E-state index is 10.2. The first-order chi connectivity index (χ1) is 6.52. The van der Waals surface area contributed by atoms with Crippen LogP contribution in [-0.4, -0.2) is 18.7 Å². The Kier molecular flexibility index (Phi) is 2.04. The van der Waals surface area contributed by atoms with Crippen molar-refractivity contribution in [3.63, 3.8) is 0 Å². The fourth-order valence-corrected chi connectivity index (χ4v) is 2.27. The van der Waals surface area contributed by atoms with Gasteiger partial charge in [-0.15, -0.1) is 0 Å². The second-order valence-corrected chi connectivity index (χ2v) is 4.81. The SMILES string of the molecule is CN1CC(C)(C)[C@H](O)c2ccccc21. The van der Waals surface area contributed by atoms with Crippen molar-refractivity contribution in [3.05, 3.63) is 29.8 Å². The van der Waals surface area contributed by atoms with Crippen molar-refractivity contribution in [1.82, 2.24) is 0 Å². The minimum Gasteiger partial charge on any atom is -0.388 e. The first kappa shape index (κ1) is 9.53. The van der Waals surface area contributed by atoms with Crippen molar-refractivity contribution in [2.75, 3.05) is 18.5 Å². The van der Waals surface area contributed by atoms with Gasteiger partial charge in [0.15, 0.2) is 0 Å². The van der Waals surface area contributed by atoms with Crippen LogP contribution in [0.4, 0.5) is 5.69 Å². The third-order valence-electron chi connectivity index (χ3n) is 3.03. The summed E-state index contributed by atoms with van der Waals surface area (Å²) in [7, 11) is 2.08. The van der Waals surface area contributed by atoms with E-state index in [2.05, 4.69) is 31.9 Å². The molecule has 1 atom stereocenters. The molecule has 0 amide bonds. The molecule has 0 radical (unpaired) electrons. The Labute approximate surface area is 85.2 Å². The molecule has 2 nitrogen and oxygen atoms in total. The fourth-order valence-electron chi connectivity index (χ4n) is 2.27. The molecule has 0 bridgehead atoms. The van der Waals surface area contributed by atoms with E-state index >= 15 is 0 Å². The highest BCUT2D eigenvalue weighted by Crippen LogP contribution is 2.43. The molecule has 76 valence electrons. The summed E-state index contributed by atoms with van der Waals surface area (Å²) in [5, 5.41) is 10.2. The number of anilines is 1. The summed E-state index contributed by atoms with van der Waals surface area (Å²) in [6.07, 6.45) is -0.352. The molecular formula is C12H17NO. The van der Waals surface area contributed by atoms with Crippen LogP contribution in [0, 0.1) is 5.41 Å². The van der Waals surface area contributed by atoms with E-state index in [1.807, 2.05) is 18.2 Å². The van der Waals surface area contributed by atoms with Crippen molar-refractivity contribution >= 4 is 5.69 Å². The third-order valence-corrected chi connectivity index (χ3v) is 3.03. The van der Waals surface area contributed by atoms with Gasteiger partial charge in [-0.25, -0.2) is 0 Å². The highest BCUT2D eigenvalue weighted by molar-refractivity contribution is 5.56. The van der Waals surface area contributed by atoms with Crippen LogP contribution in [0.2, 0.25) is 0 Å². The van der Waals surface area contributed by atoms with E-state index in [-0.39, 0.29) is 11.5 Å². The zero-order valence-electron chi connectivity index (χ0n) is 8.99. The Bertz CT molecular complexity index is 346. The number of hydrogen-bond donors (Lipinski definition) is 1. The molecule has 0 unspecified atom stereocenters. The molecule has 1 aliphatic heterocycles. The van der Waals surface area contributed by atoms with Crippen LogP contribution in [-0.2, 0) is 0 Å². The smallest absolute Gasteiger partial charge is 0.0877 e. The van der Waals surface area contributed by atoms with Crippen LogP contribution in [0.15, 0.2) is 24.3 Å². The molecule has 0 spiro atoms. The summed E-state index contributed by atoms with van der Waals surface area (Å²) < 4.78 is 0. The number of nitrogens with zero attached hydrogens (tertiary/aromatic N) is 1. The molecule has 0 fully saturated rings. The van der Waals surface area contributed by atoms with Crippen LogP contribution in [0.1, 0.15) is 25.5 Å². The molecule has 1 N–H and O–H groups in total. The zero-order valence-corrected chi connectivity index (χ0v) is 8.99. The molecule has 0 saturated carbocycles. The molecular weight excluding hydrogens is 174 g/mol. The number of fused-ring (bicyclic) bond motifs is 1. The lowest BCUT2D eigenvalue weighted by atomic mass is 9.78. The molecule has 1 aliphatic rings. The van der Waals surface area contributed by atoms with Gasteiger partial charge in [-0.05, 0) is 6.07 Å². The van der Waals surface area contributed by atoms with Gasteiger partial charge in [-0.1, -0.05) is 32.0 Å². The van der Waals surface area contributed by atoms with Crippen LogP contribution in [0.3, 0.4) is 0 Å². The van der Waals surface area contributed by atoms with Gasteiger partial charge in [-0.3, -0.25) is 0 Å². The summed E-state index contributed by atoms with van der Waals surface area (Å²) in [6, 6.07) is 8.07. The van der Waals surface area contributed by atoms with Crippen molar-refractivity contribution < 1.29 is 5.11 Å². The predicted molar refractivity (Wildman–Crippen MR) is 58.5 cm³/mol. The summed E-state index contributed by atoms with van der Waals surface area (Å²) in [6.45, 7) is 5.10. The van der Waals surface area contributed by atoms with Crippen LogP contribution >= 0.6 is 0 Å². The lowest BCUT2D eigenvalue weighted by Crippen LogP contribution is -2.41. The number of para-hydroxylation sites is 1. The van der Waals surface area contributed by atoms with Crippen molar-refractivity contribution in [3.8, 4) is 0 Å². The van der Waals surface area contributed by atoms with E-state index in [0.29, 0.717) is 0 Å². The summed E-state index contributed by atoms with van der Waals surface area (Å²) in [4.78, 5) is 2.21. The molecule has 0 aromatic heterocycles. The zero-order chi connectivity index (χ0) is 10.3. The Morgan fingerprint density at radius 2 is 2.00 bits per heavy atom. The van der Waals surface area contributed by atoms with Gasteiger partial charge in [0, 0.05) is 30.3 Å². The van der Waals surface area contributed by atoms with Crippen molar-refractivity contribution in [2.45, 2.75) is 20.0 Å². The lowest BCUT2D eigenvalue weighted by molar-refractivity contribution is 0.0486. The van der Waals surface area contributed by atoms with Gasteiger partial charge in [0.05, 0.1) is 6.10 Å². The maximum Gasteiger partial charge on any atom is 0.0877 e. The third kappa shape index (κ3) is 1.30. The first-order valence-corrected chi connectivity index (χ1v) is 5.00. The Morgan fingerprint density at radius 3 is 2.71 bits per heavy atom. The van der Waals surface area contributed by atoms with E-state index in [0.717, 1.165) is 17.8 Å². The number of aliphatic hydroxyl groups is 1. The minimum absolute atomic E-state index is 0.0664. The van der Waals surface area contributed by atoms with Crippen LogP contribution in [0.5, 0.6) is 0 Å². The molecule has 1 aromatic rings. The molecule has 0 aliphatic carbocycles. The normalized spacial score (nSPS) is 24.6. The fraction of sp³-hybridized carbons (Fsp3) is 0.500. The van der Waals surface area contributed by atoms with Crippen LogP contribution < -0.4 is 4.90 Å². The second-order valence-electron chi connectivity index (χ2n) is 4.81. The molecule has 2 heteroatoms. The predicted octanol–water partition coefficient (Wildman–Crippen LogP) is 2.20. The topological polar surface area (TPSA) is 23.5 Å². The van der Waals surface area contributed by atoms with E-state index in [1.54, 1.807) is 0 Å². The van der Waals surface area contributed by atoms with Gasteiger partial charge >= 0.3 is 0 Å².